The molecule has 7 heteroatoms. The molecule has 2 unspecified atom stereocenters. The molecule has 0 aromatic heterocycles. The van der Waals surface area contributed by atoms with Gasteiger partial charge in [0.1, 0.15) is 23.1 Å². The number of aliphatic imine (C=N–C) groups is 2. The van der Waals surface area contributed by atoms with Crippen LogP contribution in [-0.4, -0.2) is 36.2 Å². The van der Waals surface area contributed by atoms with Gasteiger partial charge < -0.3 is 20.9 Å². The van der Waals surface area contributed by atoms with Crippen LogP contribution in [0.5, 0.6) is 11.5 Å². The number of nitrogens with one attached hydrogen (secondary N) is 1. The number of unbranched alkanes of at least 4 members (excludes halogenated alkanes) is 1. The molecule has 0 radical (unpaired) electrons. The molecule has 0 saturated heterocycles. The molecule has 0 fully saturated rings. The topological polar surface area (TPSA) is 92.2 Å². The molecule has 2 rings (SSSR count). The first-order valence-corrected chi connectivity index (χ1v) is 12.8. The second kappa shape index (κ2) is 16.0. The van der Waals surface area contributed by atoms with Gasteiger partial charge in [-0.25, -0.2) is 9.38 Å². The normalized spacial score (nSPS) is 15.5. The van der Waals surface area contributed by atoms with Crippen LogP contribution < -0.4 is 15.8 Å². The Labute approximate surface area is 211 Å². The van der Waals surface area contributed by atoms with Crippen molar-refractivity contribution in [2.45, 2.75) is 86.1 Å². The lowest BCUT2D eigenvalue weighted by Crippen LogP contribution is -2.30. The molecule has 6 nitrogen and oxygen atoms in total. The van der Waals surface area contributed by atoms with Gasteiger partial charge in [-0.3, -0.25) is 4.99 Å². The third-order valence-corrected chi connectivity index (χ3v) is 5.54. The van der Waals surface area contributed by atoms with E-state index >= 15 is 0 Å². The zero-order valence-corrected chi connectivity index (χ0v) is 22.6. The summed E-state index contributed by atoms with van der Waals surface area (Å²) in [5, 5.41) is 14.1. The third-order valence-electron chi connectivity index (χ3n) is 5.54. The summed E-state index contributed by atoms with van der Waals surface area (Å²) >= 11 is 0. The van der Waals surface area contributed by atoms with E-state index in [4.69, 9.17) is 15.5 Å². The summed E-state index contributed by atoms with van der Waals surface area (Å²) in [6, 6.07) is 2.87. The van der Waals surface area contributed by atoms with Gasteiger partial charge in [0.2, 0.25) is 0 Å². The van der Waals surface area contributed by atoms with E-state index in [2.05, 4.69) is 44.9 Å². The quantitative estimate of drug-likeness (QED) is 0.332. The van der Waals surface area contributed by atoms with Crippen LogP contribution >= 0.6 is 0 Å². The molecular formula is C28H45FN4O2. The summed E-state index contributed by atoms with van der Waals surface area (Å²) in [6.07, 6.45) is 10.3. The van der Waals surface area contributed by atoms with Crippen LogP contribution in [-0.2, 0) is 0 Å². The second-order valence-electron chi connectivity index (χ2n) is 9.11. The number of nitrogens with zero attached hydrogens (tertiary/aromatic N) is 2. The van der Waals surface area contributed by atoms with Crippen LogP contribution in [0.15, 0.2) is 45.8 Å². The van der Waals surface area contributed by atoms with E-state index in [0.717, 1.165) is 32.1 Å². The van der Waals surface area contributed by atoms with Crippen molar-refractivity contribution in [1.29, 1.82) is 0 Å². The number of rotatable bonds is 11. The zero-order chi connectivity index (χ0) is 26.4. The molecule has 0 spiro atoms. The van der Waals surface area contributed by atoms with E-state index < -0.39 is 5.82 Å². The molecule has 1 aromatic carbocycles. The maximum absolute atomic E-state index is 14.9. The smallest absolute Gasteiger partial charge is 0.140 e. The molecule has 0 aliphatic carbocycles. The van der Waals surface area contributed by atoms with Gasteiger partial charge in [-0.2, -0.15) is 0 Å². The van der Waals surface area contributed by atoms with E-state index in [0.29, 0.717) is 29.7 Å². The van der Waals surface area contributed by atoms with Crippen LogP contribution in [0.1, 0.15) is 85.6 Å². The minimum Gasteiger partial charge on any atom is -0.507 e. The number of phenolic OH excluding ortho intramolecular Hbond substituents is 1. The first-order valence-electron chi connectivity index (χ1n) is 12.8. The average molecular weight is 489 g/mol. The summed E-state index contributed by atoms with van der Waals surface area (Å²) in [5.41, 5.74) is 7.09. The summed E-state index contributed by atoms with van der Waals surface area (Å²) in [6.45, 7) is 12.9. The number of methoxy groups -OCH3 is 1. The van der Waals surface area contributed by atoms with Crippen LogP contribution in [0.25, 0.3) is 0 Å². The van der Waals surface area contributed by atoms with Crippen LogP contribution in [0.4, 0.5) is 4.39 Å². The minimum atomic E-state index is -0.634. The molecule has 2 atom stereocenters. The fraction of sp³-hybridized carbons (Fsp3) is 0.571. The SMILES string of the molecule is CCC.CCCCC(CC(C)CC)NC1=CCN=C(c2c(O)cc(OC)cc2F)C(/C=C(/C)N)=N1. The van der Waals surface area contributed by atoms with Crippen molar-refractivity contribution in [2.24, 2.45) is 21.6 Å². The van der Waals surface area contributed by atoms with E-state index in [9.17, 15) is 9.50 Å². The number of hydrogen-bond donors (Lipinski definition) is 3. The predicted molar refractivity (Wildman–Crippen MR) is 146 cm³/mol. The van der Waals surface area contributed by atoms with Crippen molar-refractivity contribution >= 4 is 11.4 Å². The molecule has 0 bridgehead atoms. The summed E-state index contributed by atoms with van der Waals surface area (Å²) in [7, 11) is 1.42. The lowest BCUT2D eigenvalue weighted by Gasteiger charge is -2.23. The highest BCUT2D eigenvalue weighted by molar-refractivity contribution is 6.52. The Morgan fingerprint density at radius 3 is 2.51 bits per heavy atom. The fourth-order valence-corrected chi connectivity index (χ4v) is 3.63. The Morgan fingerprint density at radius 1 is 1.29 bits per heavy atom. The number of nitrogens with two attached hydrogens (primary N) is 1. The maximum atomic E-state index is 14.9. The first-order chi connectivity index (χ1) is 16.7. The maximum Gasteiger partial charge on any atom is 0.140 e. The molecule has 1 heterocycles. The lowest BCUT2D eigenvalue weighted by molar-refractivity contribution is 0.388. The number of halogens is 1. The third kappa shape index (κ3) is 10.1. The Kier molecular flexibility index (Phi) is 13.8. The minimum absolute atomic E-state index is 0.0150. The lowest BCUT2D eigenvalue weighted by atomic mass is 9.96. The monoisotopic (exact) mass is 488 g/mol. The molecular weight excluding hydrogens is 443 g/mol. The average Bonchev–Trinajstić information content (AvgIpc) is 2.98. The highest BCUT2D eigenvalue weighted by Crippen LogP contribution is 2.29. The highest BCUT2D eigenvalue weighted by atomic mass is 19.1. The number of hydrogen-bond acceptors (Lipinski definition) is 6. The summed E-state index contributed by atoms with van der Waals surface area (Å²) < 4.78 is 19.9. The number of ether oxygens (including phenoxy) is 1. The summed E-state index contributed by atoms with van der Waals surface area (Å²) in [5.74, 6) is 0.624. The van der Waals surface area contributed by atoms with E-state index in [-0.39, 0.29) is 28.8 Å². The first kappa shape index (κ1) is 30.2. The number of aromatic hydroxyl groups is 1. The molecule has 4 N–H and O–H groups in total. The Bertz CT molecular complexity index is 895. The zero-order valence-electron chi connectivity index (χ0n) is 22.6. The number of benzene rings is 1. The van der Waals surface area contributed by atoms with Gasteiger partial charge in [-0.05, 0) is 37.8 Å². The van der Waals surface area contributed by atoms with E-state index in [1.54, 1.807) is 13.0 Å². The molecule has 1 aliphatic rings. The van der Waals surface area contributed by atoms with Gasteiger partial charge >= 0.3 is 0 Å². The van der Waals surface area contributed by atoms with E-state index in [1.165, 1.54) is 25.7 Å². The summed E-state index contributed by atoms with van der Waals surface area (Å²) in [4.78, 5) is 9.28. The van der Waals surface area contributed by atoms with Crippen molar-refractivity contribution in [3.05, 3.63) is 47.2 Å². The fourth-order valence-electron chi connectivity index (χ4n) is 3.63. The number of phenols is 1. The molecule has 1 aliphatic heterocycles. The molecule has 1 aromatic rings. The van der Waals surface area contributed by atoms with Gasteiger partial charge in [-0.1, -0.05) is 60.3 Å². The number of allylic oxidation sites excluding steroid dienone is 2. The van der Waals surface area contributed by atoms with Gasteiger partial charge in [0.15, 0.2) is 0 Å². The molecule has 0 saturated carbocycles. The molecule has 196 valence electrons. The van der Waals surface area contributed by atoms with Gasteiger partial charge in [0.05, 0.1) is 30.6 Å². The van der Waals surface area contributed by atoms with Crippen molar-refractivity contribution in [3.63, 3.8) is 0 Å². The Balaban J connectivity index is 0.00000194. The van der Waals surface area contributed by atoms with Crippen LogP contribution in [0, 0.1) is 11.7 Å². The van der Waals surface area contributed by atoms with Crippen molar-refractivity contribution < 1.29 is 14.2 Å². The van der Waals surface area contributed by atoms with Gasteiger partial charge in [0.25, 0.3) is 0 Å². The second-order valence-corrected chi connectivity index (χ2v) is 9.11. The predicted octanol–water partition coefficient (Wildman–Crippen LogP) is 6.49. The standard InChI is InChI=1S/C25H37FN4O2.C3H8/c1-6-8-9-18(12-16(3)7-2)29-23-10-11-28-25(21(30-23)13-17(4)27)24-20(26)14-19(32-5)15-22(24)31;1-3-2/h10,13-16,18,29,31H,6-9,11-12,27H2,1-5H3;3H2,1-2H3/b17-13-;. The Hall–Kier alpha value is -2.83. The highest BCUT2D eigenvalue weighted by Gasteiger charge is 2.23. The van der Waals surface area contributed by atoms with Crippen molar-refractivity contribution in [3.8, 4) is 11.5 Å². The Morgan fingerprint density at radius 2 is 1.97 bits per heavy atom. The largest absolute Gasteiger partial charge is 0.507 e. The van der Waals surface area contributed by atoms with Crippen LogP contribution in [0.3, 0.4) is 0 Å². The molecule has 0 amide bonds. The molecule has 35 heavy (non-hydrogen) atoms. The van der Waals surface area contributed by atoms with Gasteiger partial charge in [-0.15, -0.1) is 0 Å². The van der Waals surface area contributed by atoms with E-state index in [1.807, 2.05) is 6.08 Å². The van der Waals surface area contributed by atoms with Crippen molar-refractivity contribution in [2.75, 3.05) is 13.7 Å². The van der Waals surface area contributed by atoms with Crippen molar-refractivity contribution in [1.82, 2.24) is 5.32 Å². The van der Waals surface area contributed by atoms with Crippen LogP contribution in [0.2, 0.25) is 0 Å². The van der Waals surface area contributed by atoms with Gasteiger partial charge in [0, 0.05) is 23.9 Å².